The lowest BCUT2D eigenvalue weighted by molar-refractivity contribution is -0.139. The number of thioether (sulfide) groups is 1. The lowest BCUT2D eigenvalue weighted by Crippen LogP contribution is -2.50. The second-order valence-corrected chi connectivity index (χ2v) is 9.37. The van der Waals surface area contributed by atoms with Gasteiger partial charge in [-0.25, -0.2) is 0 Å². The summed E-state index contributed by atoms with van der Waals surface area (Å²) < 4.78 is 0. The Labute approximate surface area is 205 Å². The smallest absolute Gasteiger partial charge is 0.242 e. The minimum atomic E-state index is -0.621. The average molecular weight is 481 g/mol. The first kappa shape index (κ1) is 24.9. The van der Waals surface area contributed by atoms with Crippen molar-refractivity contribution < 1.29 is 9.59 Å². The SMILES string of the molecule is CNC(=O)[C@H](Cc1ccccc1)N(Cc1cccc(Cl)c1)C(=O)CSCc1ccc(C)cc1. The molecule has 0 unspecified atom stereocenters. The molecule has 0 aliphatic heterocycles. The van der Waals surface area contributed by atoms with Crippen molar-refractivity contribution in [2.45, 2.75) is 31.7 Å². The van der Waals surface area contributed by atoms with Gasteiger partial charge in [0.2, 0.25) is 11.8 Å². The predicted octanol–water partition coefficient (Wildman–Crippen LogP) is 5.27. The third-order valence-electron chi connectivity index (χ3n) is 5.37. The molecule has 4 nitrogen and oxygen atoms in total. The monoisotopic (exact) mass is 480 g/mol. The van der Waals surface area contributed by atoms with E-state index < -0.39 is 6.04 Å². The molecule has 3 rings (SSSR count). The largest absolute Gasteiger partial charge is 0.357 e. The van der Waals surface area contributed by atoms with Crippen LogP contribution in [0, 0.1) is 6.92 Å². The van der Waals surface area contributed by atoms with E-state index in [0.29, 0.717) is 18.0 Å². The Morgan fingerprint density at radius 3 is 2.30 bits per heavy atom. The molecule has 1 N–H and O–H groups in total. The van der Waals surface area contributed by atoms with Crippen molar-refractivity contribution in [1.82, 2.24) is 10.2 Å². The Kier molecular flexibility index (Phi) is 9.40. The number of amides is 2. The highest BCUT2D eigenvalue weighted by Gasteiger charge is 2.29. The maximum atomic E-state index is 13.4. The van der Waals surface area contributed by atoms with Crippen LogP contribution in [0.1, 0.15) is 22.3 Å². The van der Waals surface area contributed by atoms with Crippen LogP contribution in [0.15, 0.2) is 78.9 Å². The van der Waals surface area contributed by atoms with Gasteiger partial charge >= 0.3 is 0 Å². The van der Waals surface area contributed by atoms with Gasteiger partial charge < -0.3 is 10.2 Å². The van der Waals surface area contributed by atoms with Crippen molar-refractivity contribution in [2.24, 2.45) is 0 Å². The number of halogens is 1. The molecule has 3 aromatic carbocycles. The molecule has 172 valence electrons. The van der Waals surface area contributed by atoms with E-state index in [2.05, 4.69) is 36.5 Å². The molecule has 0 bridgehead atoms. The number of carbonyl (C=O) groups is 2. The zero-order chi connectivity index (χ0) is 23.6. The predicted molar refractivity (Wildman–Crippen MR) is 137 cm³/mol. The minimum Gasteiger partial charge on any atom is -0.357 e. The van der Waals surface area contributed by atoms with E-state index in [-0.39, 0.29) is 17.6 Å². The normalized spacial score (nSPS) is 11.6. The number of nitrogens with zero attached hydrogens (tertiary/aromatic N) is 1. The Morgan fingerprint density at radius 2 is 1.64 bits per heavy atom. The third kappa shape index (κ3) is 7.65. The molecule has 2 amide bonds. The van der Waals surface area contributed by atoms with Gasteiger partial charge in [0.15, 0.2) is 0 Å². The molecule has 0 radical (unpaired) electrons. The lowest BCUT2D eigenvalue weighted by atomic mass is 10.0. The maximum absolute atomic E-state index is 13.4. The fourth-order valence-corrected chi connectivity index (χ4v) is 4.66. The number of carbonyl (C=O) groups excluding carboxylic acids is 2. The average Bonchev–Trinajstić information content (AvgIpc) is 2.82. The Morgan fingerprint density at radius 1 is 0.939 bits per heavy atom. The summed E-state index contributed by atoms with van der Waals surface area (Å²) in [6.45, 7) is 2.37. The number of hydrogen-bond acceptors (Lipinski definition) is 3. The molecular weight excluding hydrogens is 452 g/mol. The first-order chi connectivity index (χ1) is 16.0. The molecule has 0 aromatic heterocycles. The standard InChI is InChI=1S/C27H29ClN2O2S/c1-20-11-13-22(14-12-20)18-33-19-26(31)30(17-23-9-6-10-24(28)15-23)25(27(32)29-2)16-21-7-4-3-5-8-21/h3-15,25H,16-19H2,1-2H3,(H,29,32)/t25-/m0/s1. The Hall–Kier alpha value is -2.76. The highest BCUT2D eigenvalue weighted by molar-refractivity contribution is 7.99. The Balaban J connectivity index is 1.80. The van der Waals surface area contributed by atoms with E-state index in [1.165, 1.54) is 11.1 Å². The third-order valence-corrected chi connectivity index (χ3v) is 6.60. The first-order valence-electron chi connectivity index (χ1n) is 10.9. The number of aryl methyl sites for hydroxylation is 1. The van der Waals surface area contributed by atoms with Crippen LogP contribution < -0.4 is 5.32 Å². The van der Waals surface area contributed by atoms with Crippen molar-refractivity contribution in [3.63, 3.8) is 0 Å². The summed E-state index contributed by atoms with van der Waals surface area (Å²) in [4.78, 5) is 28.0. The van der Waals surface area contributed by atoms with Crippen molar-refractivity contribution >= 4 is 35.2 Å². The van der Waals surface area contributed by atoms with Gasteiger partial charge in [-0.15, -0.1) is 11.8 Å². The van der Waals surface area contributed by atoms with Crippen LogP contribution in [-0.2, 0) is 28.3 Å². The summed E-state index contributed by atoms with van der Waals surface area (Å²) in [7, 11) is 1.61. The molecule has 33 heavy (non-hydrogen) atoms. The topological polar surface area (TPSA) is 49.4 Å². The van der Waals surface area contributed by atoms with Crippen LogP contribution >= 0.6 is 23.4 Å². The van der Waals surface area contributed by atoms with Crippen LogP contribution in [0.2, 0.25) is 5.02 Å². The van der Waals surface area contributed by atoms with Gasteiger partial charge in [0.25, 0.3) is 0 Å². The molecule has 0 saturated heterocycles. The number of nitrogens with one attached hydrogen (secondary N) is 1. The maximum Gasteiger partial charge on any atom is 0.242 e. The van der Waals surface area contributed by atoms with Crippen molar-refractivity contribution in [3.8, 4) is 0 Å². The molecule has 0 aliphatic rings. The summed E-state index contributed by atoms with van der Waals surface area (Å²) in [6.07, 6.45) is 0.440. The molecule has 0 aliphatic carbocycles. The van der Waals surface area contributed by atoms with Crippen molar-refractivity contribution in [2.75, 3.05) is 12.8 Å². The van der Waals surface area contributed by atoms with Gasteiger partial charge in [0.05, 0.1) is 5.75 Å². The van der Waals surface area contributed by atoms with E-state index in [1.54, 1.807) is 29.8 Å². The van der Waals surface area contributed by atoms with E-state index >= 15 is 0 Å². The number of rotatable bonds is 10. The van der Waals surface area contributed by atoms with Crippen molar-refractivity contribution in [3.05, 3.63) is 106 Å². The lowest BCUT2D eigenvalue weighted by Gasteiger charge is -2.31. The zero-order valence-corrected chi connectivity index (χ0v) is 20.5. The van der Waals surface area contributed by atoms with E-state index in [4.69, 9.17) is 11.6 Å². The van der Waals surface area contributed by atoms with Crippen molar-refractivity contribution in [1.29, 1.82) is 0 Å². The fraction of sp³-hybridized carbons (Fsp3) is 0.259. The number of hydrogen-bond donors (Lipinski definition) is 1. The van der Waals surface area contributed by atoms with Crippen LogP contribution in [-0.4, -0.2) is 35.6 Å². The summed E-state index contributed by atoms with van der Waals surface area (Å²) >= 11 is 7.74. The second-order valence-electron chi connectivity index (χ2n) is 7.95. The highest BCUT2D eigenvalue weighted by atomic mass is 35.5. The summed E-state index contributed by atoms with van der Waals surface area (Å²) in [6, 6.07) is 24.9. The minimum absolute atomic E-state index is 0.0726. The van der Waals surface area contributed by atoms with Crippen LogP contribution in [0.25, 0.3) is 0 Å². The Bertz CT molecular complexity index is 1060. The zero-order valence-electron chi connectivity index (χ0n) is 19.0. The van der Waals surface area contributed by atoms with Gasteiger partial charge in [-0.3, -0.25) is 9.59 Å². The highest BCUT2D eigenvalue weighted by Crippen LogP contribution is 2.20. The summed E-state index contributed by atoms with van der Waals surface area (Å²) in [5.41, 5.74) is 4.28. The van der Waals surface area contributed by atoms with Gasteiger partial charge in [0, 0.05) is 30.8 Å². The molecule has 1 atom stereocenters. The first-order valence-corrected chi connectivity index (χ1v) is 12.4. The molecule has 0 saturated carbocycles. The number of benzene rings is 3. The van der Waals surface area contributed by atoms with E-state index in [9.17, 15) is 9.59 Å². The van der Waals surface area contributed by atoms with Gasteiger partial charge in [-0.1, -0.05) is 83.9 Å². The van der Waals surface area contributed by atoms with Gasteiger partial charge in [0.1, 0.15) is 6.04 Å². The molecule has 3 aromatic rings. The molecule has 6 heteroatoms. The van der Waals surface area contributed by atoms with Crippen LogP contribution in [0.5, 0.6) is 0 Å². The summed E-state index contributed by atoms with van der Waals surface area (Å²) in [5.74, 6) is 0.770. The van der Waals surface area contributed by atoms with E-state index in [1.807, 2.05) is 48.5 Å². The molecular formula is C27H29ClN2O2S. The second kappa shape index (κ2) is 12.5. The number of likely N-dealkylation sites (N-methyl/N-ethyl adjacent to an activating group) is 1. The fourth-order valence-electron chi connectivity index (χ4n) is 3.58. The van der Waals surface area contributed by atoms with Gasteiger partial charge in [-0.05, 0) is 35.7 Å². The summed E-state index contributed by atoms with van der Waals surface area (Å²) in [5, 5.41) is 3.34. The van der Waals surface area contributed by atoms with Crippen LogP contribution in [0.4, 0.5) is 0 Å². The van der Waals surface area contributed by atoms with E-state index in [0.717, 1.165) is 16.9 Å². The quantitative estimate of drug-likeness (QED) is 0.430. The molecule has 0 heterocycles. The molecule has 0 spiro atoms. The van der Waals surface area contributed by atoms with Crippen LogP contribution in [0.3, 0.4) is 0 Å². The van der Waals surface area contributed by atoms with Gasteiger partial charge in [-0.2, -0.15) is 0 Å². The molecule has 0 fully saturated rings.